The summed E-state index contributed by atoms with van der Waals surface area (Å²) < 4.78 is 5.49. The summed E-state index contributed by atoms with van der Waals surface area (Å²) in [6, 6.07) is 0. The summed E-state index contributed by atoms with van der Waals surface area (Å²) >= 11 is 0. The van der Waals surface area contributed by atoms with E-state index in [4.69, 9.17) is 4.74 Å². The fourth-order valence-corrected chi connectivity index (χ4v) is 6.61. The molecule has 0 N–H and O–H groups in total. The quantitative estimate of drug-likeness (QED) is 0.551. The first-order valence-corrected chi connectivity index (χ1v) is 10.4. The number of fused-ring (bicyclic) bond motifs is 3. The molecule has 0 heterocycles. The monoisotopic (exact) mass is 362 g/mol. The first-order chi connectivity index (χ1) is 12.3. The van der Waals surface area contributed by atoms with Crippen LogP contribution in [0.4, 0.5) is 0 Å². The third-order valence-corrected chi connectivity index (χ3v) is 8.27. The average Bonchev–Trinajstić information content (AvgIpc) is 2.59. The lowest BCUT2D eigenvalue weighted by molar-refractivity contribution is -0.164. The highest BCUT2D eigenvalue weighted by molar-refractivity contribution is 5.90. The smallest absolute Gasteiger partial charge is 0.302 e. The molecule has 4 heteroatoms. The van der Waals surface area contributed by atoms with Crippen molar-refractivity contribution in [3.05, 3.63) is 0 Å². The zero-order chi connectivity index (χ0) is 19.1. The average molecular weight is 363 g/mol. The van der Waals surface area contributed by atoms with Gasteiger partial charge in [-0.1, -0.05) is 20.8 Å². The van der Waals surface area contributed by atoms with Gasteiger partial charge in [-0.25, -0.2) is 0 Å². The van der Waals surface area contributed by atoms with Crippen molar-refractivity contribution < 1.29 is 19.1 Å². The molecule has 146 valence electrons. The maximum atomic E-state index is 13.4. The van der Waals surface area contributed by atoms with Crippen molar-refractivity contribution in [2.75, 3.05) is 0 Å². The molecule has 0 aromatic carbocycles. The van der Waals surface area contributed by atoms with Gasteiger partial charge in [0.05, 0.1) is 0 Å². The standard InChI is InChI=1S/C22H34O4/c1-5-15(13-23)22(4)11-9-19-18(20(22)25)7-6-16-12-17(26-14(2)24)8-10-21(16,19)3/h13,15-19H,5-12H2,1-4H3/t15?,16-,17+,18-,19+,21+,22-/m1/s1. The number of carbonyl (C=O) groups excluding carboxylic acids is 3. The largest absolute Gasteiger partial charge is 0.463 e. The third kappa shape index (κ3) is 3.03. The highest BCUT2D eigenvalue weighted by Crippen LogP contribution is 2.61. The number of Topliss-reactive ketones (excluding diaryl/α,β-unsaturated/α-hetero) is 1. The molecule has 7 atom stereocenters. The Hall–Kier alpha value is -1.19. The number of rotatable bonds is 4. The van der Waals surface area contributed by atoms with Gasteiger partial charge in [0.1, 0.15) is 18.2 Å². The molecule has 3 saturated carbocycles. The summed E-state index contributed by atoms with van der Waals surface area (Å²) in [6.07, 6.45) is 8.53. The Morgan fingerprint density at radius 3 is 2.58 bits per heavy atom. The molecule has 0 bridgehead atoms. The van der Waals surface area contributed by atoms with E-state index in [1.165, 1.54) is 6.92 Å². The van der Waals surface area contributed by atoms with Gasteiger partial charge >= 0.3 is 5.97 Å². The Morgan fingerprint density at radius 1 is 1.23 bits per heavy atom. The number of carbonyl (C=O) groups is 3. The van der Waals surface area contributed by atoms with Crippen LogP contribution in [0.15, 0.2) is 0 Å². The van der Waals surface area contributed by atoms with Gasteiger partial charge in [-0.05, 0) is 68.6 Å². The topological polar surface area (TPSA) is 60.4 Å². The summed E-state index contributed by atoms with van der Waals surface area (Å²) in [6.45, 7) is 7.90. The molecular weight excluding hydrogens is 328 g/mol. The van der Waals surface area contributed by atoms with E-state index in [9.17, 15) is 14.4 Å². The molecule has 3 aliphatic carbocycles. The van der Waals surface area contributed by atoms with Crippen LogP contribution in [-0.4, -0.2) is 24.1 Å². The molecule has 4 nitrogen and oxygen atoms in total. The summed E-state index contributed by atoms with van der Waals surface area (Å²) in [5.41, 5.74) is -0.310. The van der Waals surface area contributed by atoms with Crippen LogP contribution in [0.25, 0.3) is 0 Å². The fourth-order valence-electron chi connectivity index (χ4n) is 6.61. The van der Waals surface area contributed by atoms with E-state index in [-0.39, 0.29) is 29.3 Å². The van der Waals surface area contributed by atoms with Crippen molar-refractivity contribution in [2.24, 2.45) is 34.5 Å². The second kappa shape index (κ2) is 7.09. The fraction of sp³-hybridized carbons (Fsp3) is 0.864. The summed E-state index contributed by atoms with van der Waals surface area (Å²) in [5, 5.41) is 0. The van der Waals surface area contributed by atoms with Crippen molar-refractivity contribution in [2.45, 2.75) is 85.2 Å². The second-order valence-electron chi connectivity index (χ2n) is 9.47. The predicted octanol–water partition coefficient (Wildman–Crippen LogP) is 4.35. The first-order valence-electron chi connectivity index (χ1n) is 10.4. The lowest BCUT2D eigenvalue weighted by Crippen LogP contribution is -2.56. The maximum absolute atomic E-state index is 13.4. The van der Waals surface area contributed by atoms with Crippen molar-refractivity contribution in [1.29, 1.82) is 0 Å². The van der Waals surface area contributed by atoms with Gasteiger partial charge in [0.15, 0.2) is 0 Å². The Morgan fingerprint density at radius 2 is 1.96 bits per heavy atom. The minimum absolute atomic E-state index is 0.0474. The number of ether oxygens (including phenoxy) is 1. The molecule has 0 aromatic heterocycles. The van der Waals surface area contributed by atoms with Gasteiger partial charge in [-0.2, -0.15) is 0 Å². The first kappa shape index (κ1) is 19.6. The number of ketones is 1. The van der Waals surface area contributed by atoms with Gasteiger partial charge in [-0.15, -0.1) is 0 Å². The zero-order valence-electron chi connectivity index (χ0n) is 16.8. The lowest BCUT2D eigenvalue weighted by atomic mass is 9.46. The van der Waals surface area contributed by atoms with Crippen LogP contribution < -0.4 is 0 Å². The molecule has 0 radical (unpaired) electrons. The van der Waals surface area contributed by atoms with E-state index in [1.54, 1.807) is 0 Å². The number of esters is 1. The Kier molecular flexibility index (Phi) is 5.33. The maximum Gasteiger partial charge on any atom is 0.302 e. The van der Waals surface area contributed by atoms with Gasteiger partial charge in [0, 0.05) is 24.2 Å². The Balaban J connectivity index is 1.79. The van der Waals surface area contributed by atoms with E-state index in [0.29, 0.717) is 17.6 Å². The minimum atomic E-state index is -0.476. The molecule has 26 heavy (non-hydrogen) atoms. The number of hydrogen-bond donors (Lipinski definition) is 0. The lowest BCUT2D eigenvalue weighted by Gasteiger charge is -2.58. The molecule has 0 aliphatic heterocycles. The minimum Gasteiger partial charge on any atom is -0.463 e. The SMILES string of the molecule is CCC(C=O)[C@@]1(C)CC[C@H]2[C@@H](CC[C@@H]3C[C@@H](OC(C)=O)CC[C@@]32C)C1=O. The summed E-state index contributed by atoms with van der Waals surface area (Å²) in [4.78, 5) is 36.3. The molecule has 1 unspecified atom stereocenters. The highest BCUT2D eigenvalue weighted by Gasteiger charge is 2.58. The normalized spacial score (nSPS) is 43.8. The predicted molar refractivity (Wildman–Crippen MR) is 99.4 cm³/mol. The van der Waals surface area contributed by atoms with Crippen LogP contribution in [0.3, 0.4) is 0 Å². The highest BCUT2D eigenvalue weighted by atomic mass is 16.5. The number of aldehydes is 1. The van der Waals surface area contributed by atoms with Crippen LogP contribution in [-0.2, 0) is 19.1 Å². The van der Waals surface area contributed by atoms with Crippen LogP contribution in [0.2, 0.25) is 0 Å². The van der Waals surface area contributed by atoms with Crippen LogP contribution in [0.1, 0.15) is 79.1 Å². The van der Waals surface area contributed by atoms with Crippen molar-refractivity contribution in [3.63, 3.8) is 0 Å². The Labute approximate surface area is 157 Å². The Bertz CT molecular complexity index is 585. The molecule has 0 spiro atoms. The molecule has 3 rings (SSSR count). The third-order valence-electron chi connectivity index (χ3n) is 8.27. The van der Waals surface area contributed by atoms with Gasteiger partial charge in [-0.3, -0.25) is 9.59 Å². The molecular formula is C22H34O4. The van der Waals surface area contributed by atoms with Crippen molar-refractivity contribution in [3.8, 4) is 0 Å². The number of hydrogen-bond acceptors (Lipinski definition) is 4. The molecule has 0 saturated heterocycles. The van der Waals surface area contributed by atoms with Gasteiger partial charge in [0.2, 0.25) is 0 Å². The molecule has 0 amide bonds. The van der Waals surface area contributed by atoms with E-state index < -0.39 is 5.41 Å². The van der Waals surface area contributed by atoms with Crippen molar-refractivity contribution in [1.82, 2.24) is 0 Å². The molecule has 3 fully saturated rings. The molecule has 0 aromatic rings. The van der Waals surface area contributed by atoms with Crippen LogP contribution in [0, 0.1) is 34.5 Å². The van der Waals surface area contributed by atoms with E-state index in [1.807, 2.05) is 13.8 Å². The van der Waals surface area contributed by atoms with Crippen molar-refractivity contribution >= 4 is 18.0 Å². The summed E-state index contributed by atoms with van der Waals surface area (Å²) in [5.74, 6) is 1.07. The van der Waals surface area contributed by atoms with Gasteiger partial charge in [0.25, 0.3) is 0 Å². The van der Waals surface area contributed by atoms with Gasteiger partial charge < -0.3 is 9.53 Å². The van der Waals surface area contributed by atoms with E-state index >= 15 is 0 Å². The zero-order valence-corrected chi connectivity index (χ0v) is 16.8. The van der Waals surface area contributed by atoms with E-state index in [2.05, 4.69) is 6.92 Å². The summed E-state index contributed by atoms with van der Waals surface area (Å²) in [7, 11) is 0. The van der Waals surface area contributed by atoms with Crippen LogP contribution >= 0.6 is 0 Å². The van der Waals surface area contributed by atoms with E-state index in [0.717, 1.165) is 57.7 Å². The second-order valence-corrected chi connectivity index (χ2v) is 9.47. The molecule has 3 aliphatic rings. The van der Waals surface area contributed by atoms with Crippen LogP contribution in [0.5, 0.6) is 0 Å².